The number of carbonyl (C=O) groups is 3. The number of hydrogen-bond donors (Lipinski definition) is 1. The molecule has 0 spiro atoms. The maximum atomic E-state index is 13.4. The summed E-state index contributed by atoms with van der Waals surface area (Å²) in [5.41, 5.74) is 1.94. The molecule has 3 amide bonds. The smallest absolute Gasteiger partial charge is 0.257 e. The number of benzene rings is 3. The molecule has 1 aliphatic rings. The lowest BCUT2D eigenvalue weighted by Gasteiger charge is -2.28. The van der Waals surface area contributed by atoms with Gasteiger partial charge < -0.3 is 4.90 Å². The minimum atomic E-state index is -3.82. The monoisotopic (exact) mass is 525 g/mol. The van der Waals surface area contributed by atoms with Crippen molar-refractivity contribution in [1.29, 1.82) is 0 Å². The largest absolute Gasteiger partial charge is 0.329 e. The van der Waals surface area contributed by atoms with Crippen LogP contribution in [0.3, 0.4) is 0 Å². The fourth-order valence-electron chi connectivity index (χ4n) is 4.14. The second kappa shape index (κ2) is 10.6. The van der Waals surface area contributed by atoms with Gasteiger partial charge in [-0.05, 0) is 53.9 Å². The quantitative estimate of drug-likeness (QED) is 0.454. The van der Waals surface area contributed by atoms with E-state index in [2.05, 4.69) is 0 Å². The minimum absolute atomic E-state index is 0.0167. The molecule has 0 aliphatic carbocycles. The average Bonchev–Trinajstić information content (AvgIpc) is 3.14. The van der Waals surface area contributed by atoms with Crippen LogP contribution in [0.25, 0.3) is 0 Å². The van der Waals surface area contributed by atoms with Gasteiger partial charge in [-0.15, -0.1) is 0 Å². The van der Waals surface area contributed by atoms with Gasteiger partial charge in [0.25, 0.3) is 5.91 Å². The number of halogens is 1. The SMILES string of the molecule is NS(=O)(=O)c1ccc(CCN(C(=O)Cc2ccc(Cl)cc2)C2CC(=O)N(c3ccccc3)C2=O)cc1. The highest BCUT2D eigenvalue weighted by atomic mass is 35.5. The molecule has 8 nitrogen and oxygen atoms in total. The molecule has 186 valence electrons. The Balaban J connectivity index is 1.57. The van der Waals surface area contributed by atoms with Crippen molar-refractivity contribution >= 4 is 45.0 Å². The Morgan fingerprint density at radius 3 is 2.17 bits per heavy atom. The molecular weight excluding hydrogens is 502 g/mol. The Kier molecular flexibility index (Phi) is 7.53. The molecule has 0 saturated carbocycles. The van der Waals surface area contributed by atoms with E-state index in [1.807, 2.05) is 0 Å². The van der Waals surface area contributed by atoms with Crippen LogP contribution in [-0.4, -0.2) is 43.6 Å². The van der Waals surface area contributed by atoms with Crippen molar-refractivity contribution in [2.45, 2.75) is 30.2 Å². The van der Waals surface area contributed by atoms with Crippen LogP contribution in [0.5, 0.6) is 0 Å². The molecule has 0 radical (unpaired) electrons. The van der Waals surface area contributed by atoms with E-state index < -0.39 is 22.0 Å². The number of rotatable bonds is 8. The second-order valence-electron chi connectivity index (χ2n) is 8.45. The van der Waals surface area contributed by atoms with Crippen LogP contribution in [-0.2, 0) is 37.2 Å². The highest BCUT2D eigenvalue weighted by Gasteiger charge is 2.44. The number of hydrogen-bond acceptors (Lipinski definition) is 5. The zero-order valence-electron chi connectivity index (χ0n) is 19.2. The van der Waals surface area contributed by atoms with Gasteiger partial charge in [0.1, 0.15) is 6.04 Å². The van der Waals surface area contributed by atoms with Gasteiger partial charge in [0.15, 0.2) is 0 Å². The molecule has 3 aromatic carbocycles. The molecule has 36 heavy (non-hydrogen) atoms. The van der Waals surface area contributed by atoms with Gasteiger partial charge in [-0.25, -0.2) is 18.5 Å². The summed E-state index contributed by atoms with van der Waals surface area (Å²) in [4.78, 5) is 42.1. The molecule has 4 rings (SSSR count). The third-order valence-corrected chi connectivity index (χ3v) is 7.18. The zero-order valence-corrected chi connectivity index (χ0v) is 20.8. The van der Waals surface area contributed by atoms with Crippen LogP contribution in [0.1, 0.15) is 17.5 Å². The molecule has 3 aromatic rings. The first-order valence-corrected chi connectivity index (χ1v) is 13.1. The number of primary sulfonamides is 1. The van der Waals surface area contributed by atoms with Crippen LogP contribution in [0.4, 0.5) is 5.69 Å². The molecular formula is C26H24ClN3O5S. The summed E-state index contributed by atoms with van der Waals surface area (Å²) in [5.74, 6) is -1.14. The first-order chi connectivity index (χ1) is 17.1. The van der Waals surface area contributed by atoms with E-state index in [1.165, 1.54) is 17.0 Å². The van der Waals surface area contributed by atoms with Crippen molar-refractivity contribution in [2.75, 3.05) is 11.4 Å². The van der Waals surface area contributed by atoms with E-state index >= 15 is 0 Å². The second-order valence-corrected chi connectivity index (χ2v) is 10.5. The molecule has 2 N–H and O–H groups in total. The number of amides is 3. The molecule has 0 bridgehead atoms. The summed E-state index contributed by atoms with van der Waals surface area (Å²) in [6, 6.07) is 20.5. The lowest BCUT2D eigenvalue weighted by molar-refractivity contribution is -0.137. The Morgan fingerprint density at radius 1 is 0.944 bits per heavy atom. The summed E-state index contributed by atoms with van der Waals surface area (Å²) >= 11 is 5.95. The maximum Gasteiger partial charge on any atom is 0.257 e. The minimum Gasteiger partial charge on any atom is -0.329 e. The lowest BCUT2D eigenvalue weighted by atomic mass is 10.1. The Bertz CT molecular complexity index is 1380. The summed E-state index contributed by atoms with van der Waals surface area (Å²) in [6.45, 7) is 0.160. The van der Waals surface area contributed by atoms with Crippen molar-refractivity contribution in [3.05, 3.63) is 95.0 Å². The predicted octanol–water partition coefficient (Wildman–Crippen LogP) is 2.93. The molecule has 1 fully saturated rings. The molecule has 1 unspecified atom stereocenters. The molecule has 1 saturated heterocycles. The van der Waals surface area contributed by atoms with Crippen molar-refractivity contribution < 1.29 is 22.8 Å². The van der Waals surface area contributed by atoms with E-state index in [-0.39, 0.29) is 36.1 Å². The summed E-state index contributed by atoms with van der Waals surface area (Å²) in [7, 11) is -3.82. The molecule has 10 heteroatoms. The van der Waals surface area contributed by atoms with Crippen LogP contribution in [0.15, 0.2) is 83.8 Å². The van der Waals surface area contributed by atoms with Crippen LogP contribution in [0.2, 0.25) is 5.02 Å². The number of para-hydroxylation sites is 1. The summed E-state index contributed by atoms with van der Waals surface area (Å²) in [6.07, 6.45) is 0.260. The first-order valence-electron chi connectivity index (χ1n) is 11.2. The topological polar surface area (TPSA) is 118 Å². The van der Waals surface area contributed by atoms with Gasteiger partial charge in [-0.2, -0.15) is 0 Å². The van der Waals surface area contributed by atoms with Crippen molar-refractivity contribution in [3.63, 3.8) is 0 Å². The number of anilines is 1. The molecule has 1 atom stereocenters. The maximum absolute atomic E-state index is 13.4. The van der Waals surface area contributed by atoms with E-state index in [0.717, 1.165) is 16.0 Å². The number of nitrogens with two attached hydrogens (primary N) is 1. The first kappa shape index (κ1) is 25.6. The van der Waals surface area contributed by atoms with Gasteiger partial charge in [0.05, 0.1) is 23.4 Å². The highest BCUT2D eigenvalue weighted by molar-refractivity contribution is 7.89. The third kappa shape index (κ3) is 5.81. The van der Waals surface area contributed by atoms with Crippen molar-refractivity contribution in [1.82, 2.24) is 4.90 Å². The van der Waals surface area contributed by atoms with Gasteiger partial charge in [-0.3, -0.25) is 14.4 Å². The fraction of sp³-hybridized carbons (Fsp3) is 0.192. The van der Waals surface area contributed by atoms with Gasteiger partial charge >= 0.3 is 0 Å². The standard InChI is InChI=1S/C26H24ClN3O5S/c27-20-10-6-19(7-11-20)16-24(31)29(15-14-18-8-12-22(13-9-18)36(28,34)35)23-17-25(32)30(26(23)33)21-4-2-1-3-5-21/h1-13,23H,14-17H2,(H2,28,34,35). The molecule has 0 aromatic heterocycles. The normalized spacial score (nSPS) is 15.8. The fourth-order valence-corrected chi connectivity index (χ4v) is 4.78. The van der Waals surface area contributed by atoms with E-state index in [4.69, 9.17) is 16.7 Å². The van der Waals surface area contributed by atoms with E-state index in [9.17, 15) is 22.8 Å². The predicted molar refractivity (Wildman–Crippen MR) is 136 cm³/mol. The summed E-state index contributed by atoms with van der Waals surface area (Å²) < 4.78 is 23.1. The number of carbonyl (C=O) groups excluding carboxylic acids is 3. The Hall–Kier alpha value is -3.53. The third-order valence-electron chi connectivity index (χ3n) is 6.00. The van der Waals surface area contributed by atoms with Gasteiger partial charge in [-0.1, -0.05) is 54.1 Å². The number of sulfonamides is 1. The zero-order chi connectivity index (χ0) is 25.9. The highest BCUT2D eigenvalue weighted by Crippen LogP contribution is 2.26. The van der Waals surface area contributed by atoms with Crippen LogP contribution < -0.4 is 10.0 Å². The summed E-state index contributed by atoms with van der Waals surface area (Å²) in [5, 5.41) is 5.70. The van der Waals surface area contributed by atoms with Crippen LogP contribution in [0, 0.1) is 0 Å². The van der Waals surface area contributed by atoms with Gasteiger partial charge in [0, 0.05) is 11.6 Å². The Labute approximate surface area is 214 Å². The van der Waals surface area contributed by atoms with Crippen molar-refractivity contribution in [2.24, 2.45) is 5.14 Å². The van der Waals surface area contributed by atoms with Crippen molar-refractivity contribution in [3.8, 4) is 0 Å². The van der Waals surface area contributed by atoms with Gasteiger partial charge in [0.2, 0.25) is 21.8 Å². The molecule has 1 aliphatic heterocycles. The van der Waals surface area contributed by atoms with E-state index in [0.29, 0.717) is 17.1 Å². The average molecular weight is 526 g/mol. The lowest BCUT2D eigenvalue weighted by Crippen LogP contribution is -2.47. The van der Waals surface area contributed by atoms with E-state index in [1.54, 1.807) is 66.7 Å². The van der Waals surface area contributed by atoms with Crippen LogP contribution >= 0.6 is 11.6 Å². The number of imide groups is 1. The Morgan fingerprint density at radius 2 is 1.56 bits per heavy atom. The number of nitrogens with zero attached hydrogens (tertiary/aromatic N) is 2. The molecule has 1 heterocycles.